The predicted octanol–water partition coefficient (Wildman–Crippen LogP) is 4.36. The molecule has 1 atom stereocenters. The quantitative estimate of drug-likeness (QED) is 0.261. The predicted molar refractivity (Wildman–Crippen MR) is 148 cm³/mol. The number of carboxylic acids is 1. The molecule has 1 heterocycles. The first-order valence-corrected chi connectivity index (χ1v) is 13.1. The molecule has 204 valence electrons. The van der Waals surface area contributed by atoms with E-state index in [-0.39, 0.29) is 38.5 Å². The third kappa shape index (κ3) is 6.20. The summed E-state index contributed by atoms with van der Waals surface area (Å²) < 4.78 is 5.70. The van der Waals surface area contributed by atoms with Crippen LogP contribution in [0, 0.1) is 0 Å². The topological polar surface area (TPSA) is 125 Å². The number of fused-ring (bicyclic) bond motifs is 3. The molecule has 4 aromatic rings. The van der Waals surface area contributed by atoms with Gasteiger partial charge in [-0.25, -0.2) is 9.78 Å². The molecule has 0 radical (unpaired) electrons. The van der Waals surface area contributed by atoms with Crippen molar-refractivity contribution in [3.63, 3.8) is 0 Å². The van der Waals surface area contributed by atoms with E-state index in [1.807, 2.05) is 66.7 Å². The summed E-state index contributed by atoms with van der Waals surface area (Å²) in [5.41, 5.74) is 5.91. The molecular formula is C31H30N4O5. The first kappa shape index (κ1) is 26.7. The lowest BCUT2D eigenvalue weighted by molar-refractivity contribution is -0.139. The number of alkyl carbamates (subject to hydrolysis) is 1. The second kappa shape index (κ2) is 12.3. The monoisotopic (exact) mass is 538 g/mol. The summed E-state index contributed by atoms with van der Waals surface area (Å²) in [5.74, 6) is -1.54. The number of H-pyrrole nitrogens is 1. The summed E-state index contributed by atoms with van der Waals surface area (Å²) in [5, 5.41) is 12.0. The second-order valence-corrected chi connectivity index (χ2v) is 9.69. The normalized spacial score (nSPS) is 12.7. The number of amides is 2. The van der Waals surface area contributed by atoms with Gasteiger partial charge in [-0.2, -0.15) is 0 Å². The lowest BCUT2D eigenvalue weighted by Gasteiger charge is -2.27. The van der Waals surface area contributed by atoms with E-state index in [9.17, 15) is 19.5 Å². The molecule has 0 saturated heterocycles. The number of carbonyl (C=O) groups is 3. The molecule has 1 aliphatic rings. The van der Waals surface area contributed by atoms with Crippen molar-refractivity contribution in [2.24, 2.45) is 0 Å². The summed E-state index contributed by atoms with van der Waals surface area (Å²) in [7, 11) is 0. The number of aliphatic carboxylic acids is 1. The van der Waals surface area contributed by atoms with E-state index in [2.05, 4.69) is 27.4 Å². The van der Waals surface area contributed by atoms with Crippen LogP contribution in [0.3, 0.4) is 0 Å². The first-order chi connectivity index (χ1) is 19.5. The number of hydrogen-bond donors (Lipinski definition) is 3. The maximum absolute atomic E-state index is 13.7. The van der Waals surface area contributed by atoms with Gasteiger partial charge in [0.25, 0.3) is 0 Å². The lowest BCUT2D eigenvalue weighted by atomic mass is 9.98. The molecule has 0 spiro atoms. The highest BCUT2D eigenvalue weighted by atomic mass is 16.5. The molecule has 0 fully saturated rings. The van der Waals surface area contributed by atoms with Crippen molar-refractivity contribution >= 4 is 18.0 Å². The molecule has 0 saturated carbocycles. The van der Waals surface area contributed by atoms with Crippen LogP contribution in [0.25, 0.3) is 11.1 Å². The van der Waals surface area contributed by atoms with Gasteiger partial charge >= 0.3 is 12.1 Å². The molecule has 5 rings (SSSR count). The van der Waals surface area contributed by atoms with Gasteiger partial charge in [-0.1, -0.05) is 78.9 Å². The fraction of sp³-hybridized carbons (Fsp3) is 0.226. The van der Waals surface area contributed by atoms with Gasteiger partial charge in [-0.05, 0) is 27.8 Å². The highest BCUT2D eigenvalue weighted by Gasteiger charge is 2.31. The number of carbonyl (C=O) groups excluding carboxylic acids is 2. The molecule has 1 aliphatic carbocycles. The summed E-state index contributed by atoms with van der Waals surface area (Å²) in [6.07, 6.45) is 2.27. The molecule has 9 heteroatoms. The van der Waals surface area contributed by atoms with E-state index in [1.54, 1.807) is 6.20 Å². The molecule has 40 heavy (non-hydrogen) atoms. The summed E-state index contributed by atoms with van der Waals surface area (Å²) in [6, 6.07) is 24.4. The van der Waals surface area contributed by atoms with E-state index in [0.29, 0.717) is 5.69 Å². The SMILES string of the molecule is O=C(O)CCN(Cc1ccccc1)C(=O)[C@H](Cc1cnc[nH]1)NC(=O)OCC1c2ccccc2-c2ccccc21. The van der Waals surface area contributed by atoms with E-state index < -0.39 is 24.0 Å². The van der Waals surface area contributed by atoms with Crippen LogP contribution < -0.4 is 5.32 Å². The van der Waals surface area contributed by atoms with Crippen molar-refractivity contribution < 1.29 is 24.2 Å². The largest absolute Gasteiger partial charge is 0.481 e. The van der Waals surface area contributed by atoms with Gasteiger partial charge in [0, 0.05) is 37.3 Å². The minimum Gasteiger partial charge on any atom is -0.481 e. The Morgan fingerprint density at radius 2 is 1.60 bits per heavy atom. The highest BCUT2D eigenvalue weighted by Crippen LogP contribution is 2.44. The van der Waals surface area contributed by atoms with Crippen LogP contribution in [-0.4, -0.2) is 57.1 Å². The number of aromatic amines is 1. The van der Waals surface area contributed by atoms with Gasteiger partial charge in [0.2, 0.25) is 5.91 Å². The number of benzene rings is 3. The molecule has 3 N–H and O–H groups in total. The van der Waals surface area contributed by atoms with Crippen molar-refractivity contribution in [3.05, 3.63) is 114 Å². The number of nitrogens with zero attached hydrogens (tertiary/aromatic N) is 2. The van der Waals surface area contributed by atoms with Crippen LogP contribution in [-0.2, 0) is 27.3 Å². The number of nitrogens with one attached hydrogen (secondary N) is 2. The Morgan fingerprint density at radius 1 is 0.950 bits per heavy atom. The van der Waals surface area contributed by atoms with Gasteiger partial charge in [0.1, 0.15) is 12.6 Å². The number of carboxylic acid groups (broad SMARTS) is 1. The molecule has 1 aromatic heterocycles. The zero-order valence-electron chi connectivity index (χ0n) is 21.8. The van der Waals surface area contributed by atoms with Crippen molar-refractivity contribution in [1.82, 2.24) is 20.2 Å². The number of ether oxygens (including phenoxy) is 1. The average Bonchev–Trinajstić information content (AvgIpc) is 3.60. The fourth-order valence-electron chi connectivity index (χ4n) is 5.12. The molecule has 0 unspecified atom stereocenters. The average molecular weight is 539 g/mol. The van der Waals surface area contributed by atoms with Crippen molar-refractivity contribution in [2.75, 3.05) is 13.2 Å². The Bertz CT molecular complexity index is 1430. The van der Waals surface area contributed by atoms with Crippen LogP contribution in [0.5, 0.6) is 0 Å². The van der Waals surface area contributed by atoms with Crippen LogP contribution in [0.15, 0.2) is 91.4 Å². The molecule has 3 aromatic carbocycles. The third-order valence-electron chi connectivity index (χ3n) is 7.04. The molecule has 2 amide bonds. The van der Waals surface area contributed by atoms with Crippen LogP contribution in [0.1, 0.15) is 34.7 Å². The lowest BCUT2D eigenvalue weighted by Crippen LogP contribution is -2.50. The third-order valence-corrected chi connectivity index (χ3v) is 7.04. The van der Waals surface area contributed by atoms with Gasteiger partial charge in [-0.3, -0.25) is 9.59 Å². The van der Waals surface area contributed by atoms with Gasteiger partial charge < -0.3 is 25.0 Å². The van der Waals surface area contributed by atoms with E-state index in [4.69, 9.17) is 4.74 Å². The van der Waals surface area contributed by atoms with Gasteiger partial charge in [0.15, 0.2) is 0 Å². The van der Waals surface area contributed by atoms with E-state index in [1.165, 1.54) is 11.2 Å². The zero-order valence-corrected chi connectivity index (χ0v) is 21.8. The summed E-state index contributed by atoms with van der Waals surface area (Å²) in [4.78, 5) is 46.6. The number of aromatic nitrogens is 2. The van der Waals surface area contributed by atoms with E-state index >= 15 is 0 Å². The molecular weight excluding hydrogens is 508 g/mol. The van der Waals surface area contributed by atoms with E-state index in [0.717, 1.165) is 27.8 Å². The van der Waals surface area contributed by atoms with Crippen molar-refractivity contribution in [3.8, 4) is 11.1 Å². The minimum atomic E-state index is -1.01. The Kier molecular flexibility index (Phi) is 8.20. The Hall–Kier alpha value is -4.92. The molecule has 9 nitrogen and oxygen atoms in total. The Balaban J connectivity index is 1.31. The Morgan fingerprint density at radius 3 is 2.23 bits per heavy atom. The number of imidazole rings is 1. The van der Waals surface area contributed by atoms with Gasteiger partial charge in [-0.15, -0.1) is 0 Å². The molecule has 0 bridgehead atoms. The minimum absolute atomic E-state index is 0.00505. The highest BCUT2D eigenvalue weighted by molar-refractivity contribution is 5.86. The van der Waals surface area contributed by atoms with Crippen molar-refractivity contribution in [2.45, 2.75) is 31.3 Å². The standard InChI is InChI=1S/C31H30N4O5/c36-29(37)14-15-35(18-21-8-2-1-3-9-21)30(38)28(16-22-17-32-20-33-22)34-31(39)40-19-27-25-12-6-4-10-23(25)24-11-5-7-13-26(24)27/h1-13,17,20,27-28H,14-16,18-19H2,(H,32,33)(H,34,39)(H,36,37)/t28-/m0/s1. The summed E-state index contributed by atoms with van der Waals surface area (Å²) in [6.45, 7) is 0.311. The zero-order chi connectivity index (χ0) is 27.9. The Labute approximate surface area is 231 Å². The summed E-state index contributed by atoms with van der Waals surface area (Å²) >= 11 is 0. The first-order valence-electron chi connectivity index (χ1n) is 13.1. The van der Waals surface area contributed by atoms with Gasteiger partial charge in [0.05, 0.1) is 12.7 Å². The molecule has 0 aliphatic heterocycles. The number of rotatable bonds is 11. The van der Waals surface area contributed by atoms with Crippen LogP contribution in [0.4, 0.5) is 4.79 Å². The smallest absolute Gasteiger partial charge is 0.407 e. The number of hydrogen-bond acceptors (Lipinski definition) is 5. The van der Waals surface area contributed by atoms with Crippen LogP contribution >= 0.6 is 0 Å². The van der Waals surface area contributed by atoms with Crippen LogP contribution in [0.2, 0.25) is 0 Å². The maximum Gasteiger partial charge on any atom is 0.407 e. The maximum atomic E-state index is 13.7. The second-order valence-electron chi connectivity index (χ2n) is 9.69. The fourth-order valence-corrected chi connectivity index (χ4v) is 5.12. The van der Waals surface area contributed by atoms with Crippen molar-refractivity contribution in [1.29, 1.82) is 0 Å².